The van der Waals surface area contributed by atoms with Gasteiger partial charge in [-0.05, 0) is 49.4 Å². The third kappa shape index (κ3) is 3.53. The van der Waals surface area contributed by atoms with Gasteiger partial charge in [0, 0.05) is 25.8 Å². The van der Waals surface area contributed by atoms with Crippen molar-refractivity contribution >= 4 is 28.9 Å². The molecule has 32 heavy (non-hydrogen) atoms. The Morgan fingerprint density at radius 2 is 2.06 bits per heavy atom. The lowest BCUT2D eigenvalue weighted by Gasteiger charge is -2.40. The number of rotatable bonds is 4. The number of carboxylic acid groups (broad SMARTS) is 1. The van der Waals surface area contributed by atoms with E-state index in [1.807, 2.05) is 23.2 Å². The van der Waals surface area contributed by atoms with Gasteiger partial charge in [0.05, 0.1) is 23.0 Å². The molecule has 4 heterocycles. The van der Waals surface area contributed by atoms with Gasteiger partial charge < -0.3 is 25.2 Å². The van der Waals surface area contributed by atoms with Gasteiger partial charge in [0.25, 0.3) is 0 Å². The molecule has 2 fully saturated rings. The van der Waals surface area contributed by atoms with Crippen molar-refractivity contribution in [1.82, 2.24) is 25.2 Å². The highest BCUT2D eigenvalue weighted by molar-refractivity contribution is 5.89. The van der Waals surface area contributed by atoms with Crippen LogP contribution in [0.1, 0.15) is 40.7 Å². The first kappa shape index (κ1) is 20.3. The van der Waals surface area contributed by atoms with Crippen LogP contribution in [-0.4, -0.2) is 62.1 Å². The molecule has 9 heteroatoms. The number of carboxylic acids is 1. The number of nitrogens with zero attached hydrogens (tertiary/aromatic N) is 4. The van der Waals surface area contributed by atoms with Gasteiger partial charge >= 0.3 is 12.0 Å². The molecule has 2 aliphatic rings. The van der Waals surface area contributed by atoms with Gasteiger partial charge in [-0.15, -0.1) is 0 Å². The lowest BCUT2D eigenvalue weighted by atomic mass is 9.97. The SMILES string of the molecule is Cc1cc(CNC(=O)N2CCC[C@@H]3[C@H]2CCN3c2ncnc3[nH]ccc23)ccc1C(=O)O. The fourth-order valence-electron chi connectivity index (χ4n) is 5.14. The fraction of sp³-hybridized carbons (Fsp3) is 0.391. The highest BCUT2D eigenvalue weighted by Gasteiger charge is 2.43. The number of nitrogens with one attached hydrogen (secondary N) is 2. The number of carbonyl (C=O) groups excluding carboxylic acids is 1. The third-order valence-electron chi connectivity index (χ3n) is 6.64. The van der Waals surface area contributed by atoms with Crippen LogP contribution >= 0.6 is 0 Å². The molecule has 0 saturated carbocycles. The predicted molar refractivity (Wildman–Crippen MR) is 120 cm³/mol. The van der Waals surface area contributed by atoms with Crippen molar-refractivity contribution in [2.24, 2.45) is 0 Å². The van der Waals surface area contributed by atoms with Crippen LogP contribution in [0.25, 0.3) is 11.0 Å². The molecule has 1 aromatic carbocycles. The van der Waals surface area contributed by atoms with E-state index in [2.05, 4.69) is 25.2 Å². The Balaban J connectivity index is 1.28. The normalized spacial score (nSPS) is 20.4. The van der Waals surface area contributed by atoms with Gasteiger partial charge in [0.2, 0.25) is 0 Å². The zero-order valence-corrected chi connectivity index (χ0v) is 17.9. The van der Waals surface area contributed by atoms with Gasteiger partial charge in [-0.1, -0.05) is 12.1 Å². The second kappa shape index (κ2) is 8.14. The number of urea groups is 1. The number of aromatic amines is 1. The summed E-state index contributed by atoms with van der Waals surface area (Å²) >= 11 is 0. The summed E-state index contributed by atoms with van der Waals surface area (Å²) in [7, 11) is 0. The van der Waals surface area contributed by atoms with Crippen molar-refractivity contribution in [3.63, 3.8) is 0 Å². The maximum atomic E-state index is 13.1. The number of benzene rings is 1. The first-order chi connectivity index (χ1) is 15.5. The minimum Gasteiger partial charge on any atom is -0.478 e. The Bertz CT molecular complexity index is 1180. The number of likely N-dealkylation sites (tertiary alicyclic amines) is 1. The van der Waals surface area contributed by atoms with E-state index in [1.165, 1.54) is 0 Å². The zero-order valence-electron chi connectivity index (χ0n) is 17.9. The summed E-state index contributed by atoms with van der Waals surface area (Å²) in [4.78, 5) is 40.6. The van der Waals surface area contributed by atoms with Crippen LogP contribution < -0.4 is 10.2 Å². The number of aromatic nitrogens is 3. The summed E-state index contributed by atoms with van der Waals surface area (Å²) in [6, 6.07) is 7.47. The van der Waals surface area contributed by atoms with E-state index in [0.29, 0.717) is 12.1 Å². The summed E-state index contributed by atoms with van der Waals surface area (Å²) in [6.45, 7) is 3.73. The molecule has 5 rings (SSSR count). The molecule has 2 atom stereocenters. The largest absolute Gasteiger partial charge is 0.478 e. The molecule has 0 unspecified atom stereocenters. The molecule has 0 bridgehead atoms. The Labute approximate surface area is 185 Å². The van der Waals surface area contributed by atoms with Crippen LogP contribution in [0.5, 0.6) is 0 Å². The second-order valence-corrected chi connectivity index (χ2v) is 8.50. The Kier molecular flexibility index (Phi) is 5.16. The summed E-state index contributed by atoms with van der Waals surface area (Å²) in [5, 5.41) is 13.2. The number of anilines is 1. The Hall–Kier alpha value is -3.62. The van der Waals surface area contributed by atoms with E-state index in [-0.39, 0.29) is 23.7 Å². The standard InChI is InChI=1S/C23H26N6O3/c1-14-11-15(4-5-16(14)22(30)31)12-25-23(32)29-9-2-3-18-19(29)7-10-28(18)21-17-6-8-24-20(17)26-13-27-21/h4-6,8,11,13,18-19H,2-3,7,9-10,12H2,1H3,(H,25,32)(H,30,31)(H,24,26,27)/t18-,19-/m1/s1. The van der Waals surface area contributed by atoms with Crippen LogP contribution in [0, 0.1) is 6.92 Å². The number of carbonyl (C=O) groups is 2. The van der Waals surface area contributed by atoms with Gasteiger partial charge in [-0.3, -0.25) is 0 Å². The number of piperidine rings is 1. The molecule has 9 nitrogen and oxygen atoms in total. The Morgan fingerprint density at radius 1 is 1.19 bits per heavy atom. The highest BCUT2D eigenvalue weighted by Crippen LogP contribution is 2.36. The zero-order chi connectivity index (χ0) is 22.2. The molecule has 0 aliphatic carbocycles. The van der Waals surface area contributed by atoms with Crippen LogP contribution in [0.4, 0.5) is 10.6 Å². The van der Waals surface area contributed by atoms with Crippen molar-refractivity contribution in [3.8, 4) is 0 Å². The van der Waals surface area contributed by atoms with E-state index in [4.69, 9.17) is 0 Å². The van der Waals surface area contributed by atoms with Gasteiger partial charge in [-0.25, -0.2) is 19.6 Å². The van der Waals surface area contributed by atoms with E-state index in [0.717, 1.165) is 54.8 Å². The quantitative estimate of drug-likeness (QED) is 0.582. The van der Waals surface area contributed by atoms with E-state index < -0.39 is 5.97 Å². The molecule has 2 amide bonds. The van der Waals surface area contributed by atoms with E-state index in [9.17, 15) is 14.7 Å². The maximum absolute atomic E-state index is 13.1. The number of H-pyrrole nitrogens is 1. The molecular formula is C23H26N6O3. The highest BCUT2D eigenvalue weighted by atomic mass is 16.4. The van der Waals surface area contributed by atoms with Crippen molar-refractivity contribution in [3.05, 3.63) is 53.5 Å². The van der Waals surface area contributed by atoms with E-state index >= 15 is 0 Å². The fourth-order valence-corrected chi connectivity index (χ4v) is 5.14. The van der Waals surface area contributed by atoms with Crippen molar-refractivity contribution < 1.29 is 14.7 Å². The number of aromatic carboxylic acids is 1. The number of aryl methyl sites for hydroxylation is 1. The van der Waals surface area contributed by atoms with Gasteiger partial charge in [0.15, 0.2) is 0 Å². The first-order valence-corrected chi connectivity index (χ1v) is 10.9. The van der Waals surface area contributed by atoms with Crippen LogP contribution in [-0.2, 0) is 6.54 Å². The monoisotopic (exact) mass is 434 g/mol. The number of hydrogen-bond donors (Lipinski definition) is 3. The van der Waals surface area contributed by atoms with Crippen molar-refractivity contribution in [1.29, 1.82) is 0 Å². The lowest BCUT2D eigenvalue weighted by molar-refractivity contribution is 0.0696. The van der Waals surface area contributed by atoms with Crippen molar-refractivity contribution in [2.45, 2.75) is 44.8 Å². The molecule has 2 aliphatic heterocycles. The molecule has 3 N–H and O–H groups in total. The minimum atomic E-state index is -0.941. The van der Waals surface area contributed by atoms with Crippen LogP contribution in [0.3, 0.4) is 0 Å². The first-order valence-electron chi connectivity index (χ1n) is 10.9. The molecule has 0 spiro atoms. The van der Waals surface area contributed by atoms with Gasteiger partial charge in [-0.2, -0.15) is 0 Å². The Morgan fingerprint density at radius 3 is 2.88 bits per heavy atom. The molecule has 3 aromatic rings. The van der Waals surface area contributed by atoms with Crippen LogP contribution in [0.2, 0.25) is 0 Å². The van der Waals surface area contributed by atoms with Gasteiger partial charge in [0.1, 0.15) is 17.8 Å². The number of fused-ring (bicyclic) bond motifs is 2. The topological polar surface area (TPSA) is 114 Å². The predicted octanol–water partition coefficient (Wildman–Crippen LogP) is 2.92. The molecule has 166 valence electrons. The smallest absolute Gasteiger partial charge is 0.335 e. The maximum Gasteiger partial charge on any atom is 0.335 e. The minimum absolute atomic E-state index is 0.0732. The average molecular weight is 435 g/mol. The average Bonchev–Trinajstić information content (AvgIpc) is 3.44. The molecule has 2 aromatic heterocycles. The lowest BCUT2D eigenvalue weighted by Crippen LogP contribution is -2.54. The summed E-state index contributed by atoms with van der Waals surface area (Å²) in [5.41, 5.74) is 2.69. The van der Waals surface area contributed by atoms with Crippen LogP contribution in [0.15, 0.2) is 36.8 Å². The summed E-state index contributed by atoms with van der Waals surface area (Å²) in [5.74, 6) is -0.0103. The molecule has 0 radical (unpaired) electrons. The molecular weight excluding hydrogens is 408 g/mol. The third-order valence-corrected chi connectivity index (χ3v) is 6.64. The van der Waals surface area contributed by atoms with E-state index in [1.54, 1.807) is 25.4 Å². The second-order valence-electron chi connectivity index (χ2n) is 8.50. The number of amides is 2. The summed E-state index contributed by atoms with van der Waals surface area (Å²) < 4.78 is 0. The summed E-state index contributed by atoms with van der Waals surface area (Å²) in [6.07, 6.45) is 6.34. The molecule has 2 saturated heterocycles. The number of hydrogen-bond acceptors (Lipinski definition) is 5. The van der Waals surface area contributed by atoms with Crippen molar-refractivity contribution in [2.75, 3.05) is 18.0 Å².